The molecule has 1 aromatic rings. The number of benzene rings is 1. The van der Waals surface area contributed by atoms with Gasteiger partial charge < -0.3 is 4.74 Å². The molecular formula is C10H6Br2F6O2. The molecule has 0 saturated heterocycles. The van der Waals surface area contributed by atoms with Crippen molar-refractivity contribution in [2.75, 3.05) is 0 Å². The van der Waals surface area contributed by atoms with Crippen molar-refractivity contribution in [3.8, 4) is 5.75 Å². The zero-order valence-corrected chi connectivity index (χ0v) is 12.5. The number of hydrogen-bond acceptors (Lipinski definition) is 2. The molecule has 0 amide bonds. The van der Waals surface area contributed by atoms with Crippen LogP contribution in [0.4, 0.5) is 26.3 Å². The summed E-state index contributed by atoms with van der Waals surface area (Å²) in [6.45, 7) is 0. The summed E-state index contributed by atoms with van der Waals surface area (Å²) in [5, 5.41) is 0.422. The molecule has 1 atom stereocenters. The normalized spacial score (nSPS) is 14.2. The van der Waals surface area contributed by atoms with Gasteiger partial charge in [-0.1, -0.05) is 22.0 Å². The van der Waals surface area contributed by atoms with Gasteiger partial charge in [-0.15, -0.1) is 13.2 Å². The van der Waals surface area contributed by atoms with Crippen LogP contribution >= 0.6 is 31.9 Å². The zero-order valence-electron chi connectivity index (χ0n) is 9.36. The molecule has 0 aliphatic rings. The minimum atomic E-state index is -5.54. The van der Waals surface area contributed by atoms with Crippen molar-refractivity contribution < 1.29 is 35.8 Å². The van der Waals surface area contributed by atoms with E-state index in [0.29, 0.717) is 10.9 Å². The molecule has 1 unspecified atom stereocenters. The Bertz CT molecular complexity index is 466. The predicted octanol–water partition coefficient (Wildman–Crippen LogP) is 5.15. The third kappa shape index (κ3) is 5.13. The zero-order chi connectivity index (χ0) is 15.6. The highest BCUT2D eigenvalue weighted by Gasteiger charge is 2.50. The lowest BCUT2D eigenvalue weighted by atomic mass is 10.2. The van der Waals surface area contributed by atoms with Crippen molar-refractivity contribution in [1.82, 2.24) is 0 Å². The highest BCUT2D eigenvalue weighted by molar-refractivity contribution is 9.10. The Balaban J connectivity index is 2.85. The smallest absolute Gasteiger partial charge is 0.427 e. The van der Waals surface area contributed by atoms with Crippen molar-refractivity contribution in [2.45, 2.75) is 24.2 Å². The van der Waals surface area contributed by atoms with Crippen molar-refractivity contribution >= 4 is 31.9 Å². The van der Waals surface area contributed by atoms with Crippen molar-refractivity contribution in [3.63, 3.8) is 0 Å². The molecule has 0 spiro atoms. The Labute approximate surface area is 126 Å². The van der Waals surface area contributed by atoms with Crippen LogP contribution in [-0.4, -0.2) is 18.8 Å². The summed E-state index contributed by atoms with van der Waals surface area (Å²) in [6.07, 6.45) is -14.3. The molecule has 0 N–H and O–H groups in total. The Morgan fingerprint density at radius 2 is 1.75 bits per heavy atom. The first-order valence-corrected chi connectivity index (χ1v) is 6.76. The van der Waals surface area contributed by atoms with Crippen LogP contribution in [0.25, 0.3) is 0 Å². The van der Waals surface area contributed by atoms with E-state index in [4.69, 9.17) is 0 Å². The fraction of sp³-hybridized carbons (Fsp3) is 0.400. The van der Waals surface area contributed by atoms with Gasteiger partial charge in [0.2, 0.25) is 0 Å². The Morgan fingerprint density at radius 1 is 1.15 bits per heavy atom. The minimum Gasteiger partial charge on any atom is -0.427 e. The monoisotopic (exact) mass is 430 g/mol. The summed E-state index contributed by atoms with van der Waals surface area (Å²) in [6, 6.07) is 3.83. The van der Waals surface area contributed by atoms with Crippen LogP contribution in [-0.2, 0) is 10.1 Å². The number of halogens is 8. The first kappa shape index (κ1) is 17.6. The van der Waals surface area contributed by atoms with Crippen LogP contribution in [0.3, 0.4) is 0 Å². The minimum absolute atomic E-state index is 0.0355. The standard InChI is InChI=1S/C10H6Br2F6O2/c11-4-5-1-2-7(6(12)3-5)19-9(14,15)8(13)20-10(16,17)18/h1-3,8H,4H2. The highest BCUT2D eigenvalue weighted by atomic mass is 79.9. The van der Waals surface area contributed by atoms with E-state index in [9.17, 15) is 26.3 Å². The van der Waals surface area contributed by atoms with Gasteiger partial charge in [0.05, 0.1) is 4.47 Å². The predicted molar refractivity (Wildman–Crippen MR) is 64.4 cm³/mol. The fourth-order valence-electron chi connectivity index (χ4n) is 1.09. The van der Waals surface area contributed by atoms with E-state index < -0.39 is 24.6 Å². The molecule has 0 bridgehead atoms. The van der Waals surface area contributed by atoms with Gasteiger partial charge in [0, 0.05) is 5.33 Å². The Hall–Kier alpha value is -0.480. The molecule has 0 aromatic heterocycles. The van der Waals surface area contributed by atoms with Crippen LogP contribution in [0.2, 0.25) is 0 Å². The largest absolute Gasteiger partial charge is 0.525 e. The molecular weight excluding hydrogens is 426 g/mol. The van der Waals surface area contributed by atoms with Crippen molar-refractivity contribution in [2.24, 2.45) is 0 Å². The summed E-state index contributed by atoms with van der Waals surface area (Å²) in [5.74, 6) is -0.520. The molecule has 1 rings (SSSR count). The molecule has 0 fully saturated rings. The molecule has 1 aromatic carbocycles. The lowest BCUT2D eigenvalue weighted by Crippen LogP contribution is -2.41. The summed E-state index contributed by atoms with van der Waals surface area (Å²) >= 11 is 6.01. The average Bonchev–Trinajstić information content (AvgIpc) is 2.29. The molecule has 10 heteroatoms. The van der Waals surface area contributed by atoms with E-state index in [-0.39, 0.29) is 4.47 Å². The molecule has 114 valence electrons. The van der Waals surface area contributed by atoms with E-state index in [0.717, 1.165) is 6.07 Å². The van der Waals surface area contributed by atoms with Crippen molar-refractivity contribution in [3.05, 3.63) is 28.2 Å². The summed E-state index contributed by atoms with van der Waals surface area (Å²) in [5.41, 5.74) is 0.691. The van der Waals surface area contributed by atoms with Gasteiger partial charge in [-0.3, -0.25) is 0 Å². The third-order valence-corrected chi connectivity index (χ3v) is 3.17. The number of rotatable bonds is 5. The van der Waals surface area contributed by atoms with E-state index in [1.54, 1.807) is 0 Å². The second-order valence-electron chi connectivity index (χ2n) is 3.44. The van der Waals surface area contributed by atoms with Crippen LogP contribution in [0, 0.1) is 0 Å². The number of ether oxygens (including phenoxy) is 2. The van der Waals surface area contributed by atoms with Gasteiger partial charge >= 0.3 is 18.8 Å². The van der Waals surface area contributed by atoms with Gasteiger partial charge in [-0.25, -0.2) is 9.13 Å². The summed E-state index contributed by atoms with van der Waals surface area (Å²) in [7, 11) is 0. The van der Waals surface area contributed by atoms with Gasteiger partial charge in [0.15, 0.2) is 0 Å². The van der Waals surface area contributed by atoms with E-state index in [1.807, 2.05) is 0 Å². The number of alkyl halides is 7. The fourth-order valence-corrected chi connectivity index (χ4v) is 1.95. The molecule has 20 heavy (non-hydrogen) atoms. The molecule has 2 nitrogen and oxygen atoms in total. The first-order chi connectivity index (χ1) is 9.05. The lowest BCUT2D eigenvalue weighted by Gasteiger charge is -2.22. The Kier molecular flexibility index (Phi) is 5.73. The SMILES string of the molecule is FC(OC(F)(F)F)C(F)(F)Oc1ccc(CBr)cc1Br. The van der Waals surface area contributed by atoms with Crippen LogP contribution in [0.1, 0.15) is 5.56 Å². The summed E-state index contributed by atoms with van der Waals surface area (Å²) < 4.78 is 80.7. The van der Waals surface area contributed by atoms with Crippen molar-refractivity contribution in [1.29, 1.82) is 0 Å². The van der Waals surface area contributed by atoms with E-state index >= 15 is 0 Å². The lowest BCUT2D eigenvalue weighted by molar-refractivity contribution is -0.411. The highest BCUT2D eigenvalue weighted by Crippen LogP contribution is 2.35. The quantitative estimate of drug-likeness (QED) is 0.474. The molecule has 0 heterocycles. The second-order valence-corrected chi connectivity index (χ2v) is 4.86. The van der Waals surface area contributed by atoms with Crippen LogP contribution in [0.15, 0.2) is 22.7 Å². The maximum Gasteiger partial charge on any atom is 0.525 e. The van der Waals surface area contributed by atoms with Crippen LogP contribution < -0.4 is 4.74 Å². The van der Waals surface area contributed by atoms with Crippen LogP contribution in [0.5, 0.6) is 5.75 Å². The molecule has 0 aliphatic heterocycles. The molecule has 0 saturated carbocycles. The second kappa shape index (κ2) is 6.52. The Morgan fingerprint density at radius 3 is 2.20 bits per heavy atom. The van der Waals surface area contributed by atoms with Gasteiger partial charge in [0.25, 0.3) is 0 Å². The topological polar surface area (TPSA) is 18.5 Å². The maximum absolute atomic E-state index is 13.1. The van der Waals surface area contributed by atoms with E-state index in [1.165, 1.54) is 12.1 Å². The maximum atomic E-state index is 13.1. The third-order valence-electron chi connectivity index (χ3n) is 1.90. The molecule has 0 radical (unpaired) electrons. The van der Waals surface area contributed by atoms with Gasteiger partial charge in [-0.05, 0) is 33.6 Å². The summed E-state index contributed by atoms with van der Waals surface area (Å²) in [4.78, 5) is 0. The first-order valence-electron chi connectivity index (χ1n) is 4.85. The molecule has 0 aliphatic carbocycles. The van der Waals surface area contributed by atoms with E-state index in [2.05, 4.69) is 41.3 Å². The average molecular weight is 432 g/mol. The van der Waals surface area contributed by atoms with Gasteiger partial charge in [-0.2, -0.15) is 8.78 Å². The van der Waals surface area contributed by atoms with Gasteiger partial charge in [0.1, 0.15) is 5.75 Å². The number of hydrogen-bond donors (Lipinski definition) is 0.